The molecule has 2 unspecified atom stereocenters. The van der Waals surface area contributed by atoms with E-state index in [0.717, 1.165) is 0 Å². The summed E-state index contributed by atoms with van der Waals surface area (Å²) in [7, 11) is 0. The average molecular weight is 232 g/mol. The molecule has 1 N–H and O–H groups in total. The lowest BCUT2D eigenvalue weighted by atomic mass is 10.1. The Labute approximate surface area is 95.2 Å². The lowest BCUT2D eigenvalue weighted by Gasteiger charge is -2.10. The maximum Gasteiger partial charge on any atom is 0.126 e. The van der Waals surface area contributed by atoms with Crippen LogP contribution in [-0.4, -0.2) is 18.9 Å². The van der Waals surface area contributed by atoms with Gasteiger partial charge in [0.2, 0.25) is 0 Å². The topological polar surface area (TPSA) is 21.3 Å². The Hall–Kier alpha value is -0.640. The fourth-order valence-electron chi connectivity index (χ4n) is 1.66. The van der Waals surface area contributed by atoms with Crippen LogP contribution in [0.3, 0.4) is 0 Å². The van der Waals surface area contributed by atoms with E-state index in [9.17, 15) is 4.39 Å². The standard InChI is InChI=1S/C11H14FNO.ClH/c1-8-7-14-11(13-8)6-9-4-2-3-5-10(9)12;/h2-5,8,11,13H,6-7H2,1H3;1H. The van der Waals surface area contributed by atoms with Gasteiger partial charge in [0.05, 0.1) is 6.61 Å². The van der Waals surface area contributed by atoms with Gasteiger partial charge in [0.1, 0.15) is 12.0 Å². The van der Waals surface area contributed by atoms with Gasteiger partial charge in [-0.25, -0.2) is 4.39 Å². The Kier molecular flexibility index (Phi) is 4.51. The third-order valence-corrected chi connectivity index (χ3v) is 2.38. The third-order valence-electron chi connectivity index (χ3n) is 2.38. The average Bonchev–Trinajstić information content (AvgIpc) is 2.56. The second-order valence-electron chi connectivity index (χ2n) is 3.69. The van der Waals surface area contributed by atoms with Gasteiger partial charge in [-0.1, -0.05) is 18.2 Å². The Morgan fingerprint density at radius 2 is 2.20 bits per heavy atom. The van der Waals surface area contributed by atoms with E-state index in [1.165, 1.54) is 6.07 Å². The molecule has 84 valence electrons. The number of ether oxygens (including phenoxy) is 1. The molecule has 1 heterocycles. The number of halogens is 2. The first-order valence-electron chi connectivity index (χ1n) is 4.87. The van der Waals surface area contributed by atoms with Crippen LogP contribution in [0.4, 0.5) is 4.39 Å². The van der Waals surface area contributed by atoms with Crippen molar-refractivity contribution < 1.29 is 9.13 Å². The lowest BCUT2D eigenvalue weighted by molar-refractivity contribution is 0.1000. The molecule has 0 amide bonds. The first kappa shape index (κ1) is 12.4. The van der Waals surface area contributed by atoms with Crippen LogP contribution < -0.4 is 5.32 Å². The summed E-state index contributed by atoms with van der Waals surface area (Å²) in [6.45, 7) is 2.76. The summed E-state index contributed by atoms with van der Waals surface area (Å²) >= 11 is 0. The van der Waals surface area contributed by atoms with E-state index in [1.807, 2.05) is 6.07 Å². The summed E-state index contributed by atoms with van der Waals surface area (Å²) in [6.07, 6.45) is 0.554. The smallest absolute Gasteiger partial charge is 0.126 e. The molecule has 0 aliphatic carbocycles. The summed E-state index contributed by atoms with van der Waals surface area (Å²) in [5, 5.41) is 3.24. The minimum absolute atomic E-state index is 0. The molecule has 15 heavy (non-hydrogen) atoms. The second-order valence-corrected chi connectivity index (χ2v) is 3.69. The van der Waals surface area contributed by atoms with Crippen molar-refractivity contribution in [1.29, 1.82) is 0 Å². The van der Waals surface area contributed by atoms with Crippen LogP contribution in [0.1, 0.15) is 12.5 Å². The van der Waals surface area contributed by atoms with Crippen molar-refractivity contribution >= 4 is 12.4 Å². The molecule has 2 nitrogen and oxygen atoms in total. The molecule has 2 rings (SSSR count). The normalized spacial score (nSPS) is 24.9. The van der Waals surface area contributed by atoms with E-state index in [1.54, 1.807) is 12.1 Å². The predicted octanol–water partition coefficient (Wildman–Crippen LogP) is 2.12. The van der Waals surface area contributed by atoms with E-state index in [0.29, 0.717) is 24.6 Å². The highest BCUT2D eigenvalue weighted by molar-refractivity contribution is 5.85. The van der Waals surface area contributed by atoms with Crippen LogP contribution in [0, 0.1) is 5.82 Å². The van der Waals surface area contributed by atoms with E-state index in [-0.39, 0.29) is 24.5 Å². The van der Waals surface area contributed by atoms with Crippen LogP contribution in [0.2, 0.25) is 0 Å². The number of rotatable bonds is 2. The Morgan fingerprint density at radius 1 is 1.47 bits per heavy atom. The molecule has 4 heteroatoms. The maximum absolute atomic E-state index is 13.3. The lowest BCUT2D eigenvalue weighted by Crippen LogP contribution is -2.30. The third kappa shape index (κ3) is 3.16. The molecule has 0 aromatic heterocycles. The molecule has 1 aromatic rings. The Morgan fingerprint density at radius 3 is 2.80 bits per heavy atom. The number of benzene rings is 1. The van der Waals surface area contributed by atoms with Gasteiger partial charge in [-0.05, 0) is 18.6 Å². The van der Waals surface area contributed by atoms with E-state index < -0.39 is 0 Å². The van der Waals surface area contributed by atoms with E-state index in [4.69, 9.17) is 4.74 Å². The van der Waals surface area contributed by atoms with Gasteiger partial charge in [0.15, 0.2) is 0 Å². The summed E-state index contributed by atoms with van der Waals surface area (Å²) < 4.78 is 18.7. The number of hydrogen-bond acceptors (Lipinski definition) is 2. The van der Waals surface area contributed by atoms with Crippen molar-refractivity contribution in [1.82, 2.24) is 5.32 Å². The fourth-order valence-corrected chi connectivity index (χ4v) is 1.66. The fraction of sp³-hybridized carbons (Fsp3) is 0.455. The molecule has 0 bridgehead atoms. The molecule has 1 fully saturated rings. The zero-order chi connectivity index (χ0) is 9.97. The van der Waals surface area contributed by atoms with Gasteiger partial charge < -0.3 is 4.74 Å². The van der Waals surface area contributed by atoms with Gasteiger partial charge in [0.25, 0.3) is 0 Å². The van der Waals surface area contributed by atoms with E-state index >= 15 is 0 Å². The van der Waals surface area contributed by atoms with Gasteiger partial charge in [0, 0.05) is 12.5 Å². The van der Waals surface area contributed by atoms with Gasteiger partial charge >= 0.3 is 0 Å². The summed E-state index contributed by atoms with van der Waals surface area (Å²) in [6, 6.07) is 7.19. The van der Waals surface area contributed by atoms with Gasteiger partial charge in [-0.3, -0.25) is 5.32 Å². The zero-order valence-electron chi connectivity index (χ0n) is 8.57. The molecular formula is C11H15ClFNO. The van der Waals surface area contributed by atoms with Crippen LogP contribution in [0.25, 0.3) is 0 Å². The van der Waals surface area contributed by atoms with Crippen molar-refractivity contribution in [3.05, 3.63) is 35.6 Å². The van der Waals surface area contributed by atoms with Crippen LogP contribution in [0.5, 0.6) is 0 Å². The van der Waals surface area contributed by atoms with Gasteiger partial charge in [-0.15, -0.1) is 12.4 Å². The predicted molar refractivity (Wildman–Crippen MR) is 59.7 cm³/mol. The molecule has 1 aromatic carbocycles. The second kappa shape index (κ2) is 5.45. The van der Waals surface area contributed by atoms with Crippen molar-refractivity contribution in [2.24, 2.45) is 0 Å². The van der Waals surface area contributed by atoms with Crippen molar-refractivity contribution in [2.45, 2.75) is 25.6 Å². The van der Waals surface area contributed by atoms with E-state index in [2.05, 4.69) is 12.2 Å². The molecular weight excluding hydrogens is 217 g/mol. The maximum atomic E-state index is 13.3. The first-order chi connectivity index (χ1) is 6.75. The molecule has 1 saturated heterocycles. The Balaban J connectivity index is 0.00000112. The largest absolute Gasteiger partial charge is 0.361 e. The van der Waals surface area contributed by atoms with Crippen molar-refractivity contribution in [2.75, 3.05) is 6.61 Å². The highest BCUT2D eigenvalue weighted by Crippen LogP contribution is 2.12. The summed E-state index contributed by atoms with van der Waals surface area (Å²) in [5.74, 6) is -0.155. The van der Waals surface area contributed by atoms with Crippen LogP contribution >= 0.6 is 12.4 Å². The number of nitrogens with one attached hydrogen (secondary N) is 1. The molecule has 0 saturated carbocycles. The van der Waals surface area contributed by atoms with Gasteiger partial charge in [-0.2, -0.15) is 0 Å². The quantitative estimate of drug-likeness (QED) is 0.842. The zero-order valence-corrected chi connectivity index (χ0v) is 9.39. The molecule has 1 aliphatic rings. The molecule has 0 spiro atoms. The van der Waals surface area contributed by atoms with Crippen LogP contribution in [0.15, 0.2) is 24.3 Å². The SMILES string of the molecule is CC1COC(Cc2ccccc2F)N1.Cl. The summed E-state index contributed by atoms with van der Waals surface area (Å²) in [5.41, 5.74) is 0.708. The van der Waals surface area contributed by atoms with Crippen molar-refractivity contribution in [3.63, 3.8) is 0 Å². The molecule has 0 radical (unpaired) electrons. The first-order valence-corrected chi connectivity index (χ1v) is 4.87. The highest BCUT2D eigenvalue weighted by atomic mass is 35.5. The minimum Gasteiger partial charge on any atom is -0.361 e. The Bertz CT molecular complexity index is 321. The number of hydrogen-bond donors (Lipinski definition) is 1. The van der Waals surface area contributed by atoms with Crippen molar-refractivity contribution in [3.8, 4) is 0 Å². The van der Waals surface area contributed by atoms with Crippen LogP contribution in [-0.2, 0) is 11.2 Å². The monoisotopic (exact) mass is 231 g/mol. The molecule has 1 aliphatic heterocycles. The molecule has 2 atom stereocenters. The summed E-state index contributed by atoms with van der Waals surface area (Å²) in [4.78, 5) is 0. The minimum atomic E-state index is -0.155. The highest BCUT2D eigenvalue weighted by Gasteiger charge is 2.21.